The molecule has 2 rings (SSSR count). The standard InChI is InChI=1S/C13H15N3O2S/c1-2-6-14-8-12-9-15-13(19-12)10-4-3-5-11(7-10)16(17)18/h3-5,7,9,14H,2,6,8H2,1H3. The molecule has 0 spiro atoms. The van der Waals surface area contributed by atoms with Crippen molar-refractivity contribution < 1.29 is 4.92 Å². The summed E-state index contributed by atoms with van der Waals surface area (Å²) in [6.45, 7) is 3.89. The number of rotatable bonds is 6. The van der Waals surface area contributed by atoms with Gasteiger partial charge in [-0.15, -0.1) is 11.3 Å². The molecule has 0 bridgehead atoms. The summed E-state index contributed by atoms with van der Waals surface area (Å²) in [5.74, 6) is 0. The average molecular weight is 277 g/mol. The van der Waals surface area contributed by atoms with E-state index < -0.39 is 0 Å². The lowest BCUT2D eigenvalue weighted by atomic mass is 10.2. The van der Waals surface area contributed by atoms with Crippen molar-refractivity contribution in [1.29, 1.82) is 0 Å². The highest BCUT2D eigenvalue weighted by atomic mass is 32.1. The lowest BCUT2D eigenvalue weighted by molar-refractivity contribution is -0.384. The molecule has 1 heterocycles. The van der Waals surface area contributed by atoms with Crippen molar-refractivity contribution in [3.05, 3.63) is 45.5 Å². The molecule has 0 radical (unpaired) electrons. The Balaban J connectivity index is 2.13. The van der Waals surface area contributed by atoms with Crippen molar-refractivity contribution in [1.82, 2.24) is 10.3 Å². The second kappa shape index (κ2) is 6.40. The predicted octanol–water partition coefficient (Wildman–Crippen LogP) is 3.22. The van der Waals surface area contributed by atoms with E-state index in [4.69, 9.17) is 0 Å². The summed E-state index contributed by atoms with van der Waals surface area (Å²) in [7, 11) is 0. The van der Waals surface area contributed by atoms with Crippen LogP contribution in [0.5, 0.6) is 0 Å². The minimum Gasteiger partial charge on any atom is -0.312 e. The monoisotopic (exact) mass is 277 g/mol. The van der Waals surface area contributed by atoms with Crippen LogP contribution in [0.4, 0.5) is 5.69 Å². The molecule has 0 amide bonds. The van der Waals surface area contributed by atoms with Crippen LogP contribution in [0.25, 0.3) is 10.6 Å². The maximum atomic E-state index is 10.7. The Kier molecular flexibility index (Phi) is 4.59. The number of benzene rings is 1. The summed E-state index contributed by atoms with van der Waals surface area (Å²) in [6.07, 6.45) is 2.91. The van der Waals surface area contributed by atoms with Gasteiger partial charge in [0.25, 0.3) is 5.69 Å². The van der Waals surface area contributed by atoms with Crippen LogP contribution < -0.4 is 5.32 Å². The molecule has 0 aliphatic rings. The molecule has 0 saturated heterocycles. The topological polar surface area (TPSA) is 68.1 Å². The zero-order valence-corrected chi connectivity index (χ0v) is 11.4. The van der Waals surface area contributed by atoms with Gasteiger partial charge in [-0.1, -0.05) is 19.1 Å². The largest absolute Gasteiger partial charge is 0.312 e. The van der Waals surface area contributed by atoms with Crippen LogP contribution in [0.2, 0.25) is 0 Å². The van der Waals surface area contributed by atoms with Gasteiger partial charge in [0.2, 0.25) is 0 Å². The summed E-state index contributed by atoms with van der Waals surface area (Å²) in [4.78, 5) is 15.8. The fourth-order valence-corrected chi connectivity index (χ4v) is 2.54. The Morgan fingerprint density at radius 1 is 1.47 bits per heavy atom. The molecule has 0 atom stereocenters. The van der Waals surface area contributed by atoms with Crippen LogP contribution in [0.1, 0.15) is 18.2 Å². The van der Waals surface area contributed by atoms with E-state index in [2.05, 4.69) is 17.2 Å². The van der Waals surface area contributed by atoms with E-state index in [9.17, 15) is 10.1 Å². The highest BCUT2D eigenvalue weighted by Gasteiger charge is 2.09. The second-order valence-electron chi connectivity index (χ2n) is 4.12. The maximum absolute atomic E-state index is 10.7. The Morgan fingerprint density at radius 2 is 2.32 bits per heavy atom. The van der Waals surface area contributed by atoms with E-state index in [1.165, 1.54) is 6.07 Å². The summed E-state index contributed by atoms with van der Waals surface area (Å²) in [6, 6.07) is 6.57. The smallest absolute Gasteiger partial charge is 0.270 e. The van der Waals surface area contributed by atoms with E-state index in [1.54, 1.807) is 23.5 Å². The SMILES string of the molecule is CCCNCc1cnc(-c2cccc([N+](=O)[O-])c2)s1. The van der Waals surface area contributed by atoms with Crippen LogP contribution in [0, 0.1) is 10.1 Å². The van der Waals surface area contributed by atoms with E-state index >= 15 is 0 Å². The highest BCUT2D eigenvalue weighted by molar-refractivity contribution is 7.15. The van der Waals surface area contributed by atoms with E-state index in [0.29, 0.717) is 0 Å². The number of non-ortho nitro benzene ring substituents is 1. The first-order valence-electron chi connectivity index (χ1n) is 6.11. The number of nitro benzene ring substituents is 1. The fraction of sp³-hybridized carbons (Fsp3) is 0.308. The van der Waals surface area contributed by atoms with Crippen LogP contribution in [0.3, 0.4) is 0 Å². The second-order valence-corrected chi connectivity index (χ2v) is 5.23. The van der Waals surface area contributed by atoms with E-state index in [0.717, 1.165) is 35.0 Å². The van der Waals surface area contributed by atoms with E-state index in [1.807, 2.05) is 12.3 Å². The third kappa shape index (κ3) is 3.59. The summed E-state index contributed by atoms with van der Waals surface area (Å²) in [5.41, 5.74) is 0.888. The van der Waals surface area contributed by atoms with Crippen LogP contribution in [-0.2, 0) is 6.54 Å². The Hall–Kier alpha value is -1.79. The number of aromatic nitrogens is 1. The first-order valence-corrected chi connectivity index (χ1v) is 6.92. The normalized spacial score (nSPS) is 10.6. The lowest BCUT2D eigenvalue weighted by Gasteiger charge is -1.98. The van der Waals surface area contributed by atoms with Gasteiger partial charge in [-0.2, -0.15) is 0 Å². The van der Waals surface area contributed by atoms with Gasteiger partial charge in [0.1, 0.15) is 5.01 Å². The Labute approximate surface area is 115 Å². The van der Waals surface area contributed by atoms with Gasteiger partial charge in [0, 0.05) is 35.3 Å². The fourth-order valence-electron chi connectivity index (χ4n) is 1.66. The maximum Gasteiger partial charge on any atom is 0.270 e. The lowest BCUT2D eigenvalue weighted by Crippen LogP contribution is -2.12. The Bertz CT molecular complexity index is 569. The molecule has 19 heavy (non-hydrogen) atoms. The molecule has 5 nitrogen and oxygen atoms in total. The molecular formula is C13H15N3O2S. The first-order chi connectivity index (χ1) is 9.20. The summed E-state index contributed by atoms with van der Waals surface area (Å²) >= 11 is 1.56. The highest BCUT2D eigenvalue weighted by Crippen LogP contribution is 2.27. The number of nitro groups is 1. The minimum absolute atomic E-state index is 0.0957. The molecule has 1 aromatic carbocycles. The van der Waals surface area contributed by atoms with Gasteiger partial charge >= 0.3 is 0 Å². The molecule has 6 heteroatoms. The van der Waals surface area contributed by atoms with Gasteiger partial charge in [0.15, 0.2) is 0 Å². The molecule has 0 unspecified atom stereocenters. The molecule has 1 N–H and O–H groups in total. The van der Waals surface area contributed by atoms with Gasteiger partial charge < -0.3 is 5.32 Å². The molecule has 0 saturated carbocycles. The van der Waals surface area contributed by atoms with Crippen LogP contribution in [-0.4, -0.2) is 16.5 Å². The zero-order valence-electron chi connectivity index (χ0n) is 10.6. The molecule has 0 aliphatic carbocycles. The first kappa shape index (κ1) is 13.6. The summed E-state index contributed by atoms with van der Waals surface area (Å²) in [5, 5.41) is 14.9. The van der Waals surface area contributed by atoms with Gasteiger partial charge in [-0.05, 0) is 13.0 Å². The molecule has 100 valence electrons. The number of hydrogen-bond acceptors (Lipinski definition) is 5. The predicted molar refractivity (Wildman–Crippen MR) is 76.2 cm³/mol. The van der Waals surface area contributed by atoms with Gasteiger partial charge in [0.05, 0.1) is 4.92 Å². The third-order valence-electron chi connectivity index (χ3n) is 2.58. The van der Waals surface area contributed by atoms with Crippen molar-refractivity contribution in [2.75, 3.05) is 6.54 Å². The van der Waals surface area contributed by atoms with Gasteiger partial charge in [-0.3, -0.25) is 10.1 Å². The zero-order chi connectivity index (χ0) is 13.7. The Morgan fingerprint density at radius 3 is 3.05 bits per heavy atom. The number of nitrogens with zero attached hydrogens (tertiary/aromatic N) is 2. The van der Waals surface area contributed by atoms with E-state index in [-0.39, 0.29) is 10.6 Å². The van der Waals surface area contributed by atoms with Crippen molar-refractivity contribution in [3.8, 4) is 10.6 Å². The molecule has 2 aromatic rings. The van der Waals surface area contributed by atoms with Crippen molar-refractivity contribution in [3.63, 3.8) is 0 Å². The number of thiazole rings is 1. The van der Waals surface area contributed by atoms with Crippen molar-refractivity contribution >= 4 is 17.0 Å². The number of hydrogen-bond donors (Lipinski definition) is 1. The number of nitrogens with one attached hydrogen (secondary N) is 1. The quantitative estimate of drug-likeness (QED) is 0.500. The summed E-state index contributed by atoms with van der Waals surface area (Å²) < 4.78 is 0. The van der Waals surface area contributed by atoms with Crippen LogP contribution in [0.15, 0.2) is 30.5 Å². The minimum atomic E-state index is -0.388. The van der Waals surface area contributed by atoms with Crippen LogP contribution >= 0.6 is 11.3 Å². The third-order valence-corrected chi connectivity index (χ3v) is 3.63. The van der Waals surface area contributed by atoms with Crippen molar-refractivity contribution in [2.45, 2.75) is 19.9 Å². The molecule has 0 fully saturated rings. The van der Waals surface area contributed by atoms with Gasteiger partial charge in [-0.25, -0.2) is 4.98 Å². The van der Waals surface area contributed by atoms with Crippen molar-refractivity contribution in [2.24, 2.45) is 0 Å². The molecule has 1 aromatic heterocycles. The average Bonchev–Trinajstić information content (AvgIpc) is 2.88. The molecular weight excluding hydrogens is 262 g/mol. The molecule has 0 aliphatic heterocycles.